The van der Waals surface area contributed by atoms with Gasteiger partial charge in [0.05, 0.1) is 18.4 Å². The molecule has 0 saturated heterocycles. The van der Waals surface area contributed by atoms with Crippen LogP contribution in [-0.2, 0) is 40.8 Å². The van der Waals surface area contributed by atoms with Crippen molar-refractivity contribution in [1.82, 2.24) is 5.32 Å². The Balaban J connectivity index is 0.000000392. The number of amides is 1. The van der Waals surface area contributed by atoms with E-state index >= 15 is 0 Å². The maximum atomic E-state index is 14.2. The van der Waals surface area contributed by atoms with Gasteiger partial charge in [-0.1, -0.05) is 144 Å². The molecule has 6 atom stereocenters. The first-order chi connectivity index (χ1) is 32.0. The number of nitrogens with one attached hydrogen (secondary N) is 1. The zero-order valence-corrected chi connectivity index (χ0v) is 47.7. The molecule has 0 spiro atoms. The molecule has 0 heterocycles. The predicted octanol–water partition coefficient (Wildman–Crippen LogP) is 15.2. The van der Waals surface area contributed by atoms with Gasteiger partial charge in [0.15, 0.2) is 6.61 Å². The fraction of sp³-hybridized carbons (Fsp3) is 0.732. The van der Waals surface area contributed by atoms with Gasteiger partial charge in [-0.15, -0.1) is 0 Å². The summed E-state index contributed by atoms with van der Waals surface area (Å²) in [5, 5.41) is 11.2. The Kier molecular flexibility index (Phi) is 22.7. The summed E-state index contributed by atoms with van der Waals surface area (Å²) in [4.78, 5) is 35.4. The number of alkyl halides is 2. The van der Waals surface area contributed by atoms with Crippen molar-refractivity contribution in [2.45, 2.75) is 238 Å². The van der Waals surface area contributed by atoms with Crippen LogP contribution in [0.5, 0.6) is 0 Å². The summed E-state index contributed by atoms with van der Waals surface area (Å²) in [5.41, 5.74) is 6.75. The number of carbonyl (C=O) groups excluding carboxylic acids is 2. The third kappa shape index (κ3) is 16.7. The first-order valence-electron chi connectivity index (χ1n) is 26.2. The summed E-state index contributed by atoms with van der Waals surface area (Å²) < 4.78 is 52.6. The first kappa shape index (κ1) is 60.2. The topological polar surface area (TPSA) is 120 Å². The molecule has 392 valence electrons. The van der Waals surface area contributed by atoms with Gasteiger partial charge < -0.3 is 28.7 Å². The zero-order chi connectivity index (χ0) is 52.2. The summed E-state index contributed by atoms with van der Waals surface area (Å²) in [6, 6.07) is 16.0. The molecule has 2 unspecified atom stereocenters. The van der Waals surface area contributed by atoms with E-state index in [-0.39, 0.29) is 6.10 Å². The fourth-order valence-electron chi connectivity index (χ4n) is 11.8. The van der Waals surface area contributed by atoms with E-state index in [9.17, 15) is 28.3 Å². The third-order valence-corrected chi connectivity index (χ3v) is 27.5. The number of ether oxygens (including phenoxy) is 2. The lowest BCUT2D eigenvalue weighted by Crippen LogP contribution is -2.50. The number of hydrogen-bond donors (Lipinski definition) is 2. The second-order valence-corrected chi connectivity index (χ2v) is 34.1. The van der Waals surface area contributed by atoms with Gasteiger partial charge in [-0.2, -0.15) is 0 Å². The van der Waals surface area contributed by atoms with Crippen LogP contribution < -0.4 is 5.32 Å². The molecule has 1 amide bonds. The lowest BCUT2D eigenvalue weighted by Gasteiger charge is -2.45. The SMILES string of the molecule is CC(C(=O)O)c1ccc(C[C@H]2CCC[C@@H]2O[Si](C(C)C)(C(C)C)C(C)C)cc1.CC(C(=O)OCC(F)(F)CNC(=O)OC(C)(C)C)c1ccc(C[C@H]2CCC[C@@H]2O[Si](C(C)C)(C(C)C)C(C)C)cc1. The number of halogens is 2. The highest BCUT2D eigenvalue weighted by atomic mass is 28.4. The Morgan fingerprint density at radius 2 is 0.971 bits per heavy atom. The van der Waals surface area contributed by atoms with E-state index in [0.717, 1.165) is 31.2 Å². The first-order valence-corrected chi connectivity index (χ1v) is 30.5. The summed E-state index contributed by atoms with van der Waals surface area (Å²) >= 11 is 0. The van der Waals surface area contributed by atoms with Crippen LogP contribution in [-0.4, -0.2) is 76.7 Å². The van der Waals surface area contributed by atoms with Gasteiger partial charge >= 0.3 is 18.0 Å². The zero-order valence-electron chi connectivity index (χ0n) is 45.7. The largest absolute Gasteiger partial charge is 0.481 e. The molecule has 2 aromatic carbocycles. The van der Waals surface area contributed by atoms with Gasteiger partial charge in [0.25, 0.3) is 5.92 Å². The van der Waals surface area contributed by atoms with E-state index < -0.39 is 71.2 Å². The van der Waals surface area contributed by atoms with Crippen molar-refractivity contribution < 1.29 is 46.6 Å². The van der Waals surface area contributed by atoms with E-state index in [1.807, 2.05) is 41.7 Å². The van der Waals surface area contributed by atoms with E-state index in [4.69, 9.17) is 18.3 Å². The number of carboxylic acid groups (broad SMARTS) is 1. The molecule has 9 nitrogen and oxygen atoms in total. The quantitative estimate of drug-likeness (QED) is 0.0884. The van der Waals surface area contributed by atoms with Gasteiger partial charge in [0, 0.05) is 12.2 Å². The average molecular weight is 1000 g/mol. The van der Waals surface area contributed by atoms with E-state index in [1.54, 1.807) is 34.6 Å². The van der Waals surface area contributed by atoms with Crippen LogP contribution in [0.4, 0.5) is 13.6 Å². The van der Waals surface area contributed by atoms with Gasteiger partial charge in [0.1, 0.15) is 5.60 Å². The minimum atomic E-state index is -3.42. The Labute approximate surface area is 418 Å². The monoisotopic (exact) mass is 1000 g/mol. The maximum absolute atomic E-state index is 14.2. The molecule has 69 heavy (non-hydrogen) atoms. The summed E-state index contributed by atoms with van der Waals surface area (Å²) in [5.74, 6) is -5.04. The van der Waals surface area contributed by atoms with Crippen molar-refractivity contribution >= 4 is 34.7 Å². The molecule has 4 rings (SSSR count). The van der Waals surface area contributed by atoms with Crippen LogP contribution in [0.25, 0.3) is 0 Å². The normalized spacial score (nSPS) is 20.1. The molecule has 0 aliphatic heterocycles. The molecule has 0 radical (unpaired) electrons. The fourth-order valence-corrected chi connectivity index (χ4v) is 23.1. The van der Waals surface area contributed by atoms with Gasteiger partial charge in [-0.05, 0) is 140 Å². The van der Waals surface area contributed by atoms with Crippen LogP contribution in [0.2, 0.25) is 33.2 Å². The van der Waals surface area contributed by atoms with Crippen LogP contribution >= 0.6 is 0 Å². The minimum Gasteiger partial charge on any atom is -0.481 e. The molecule has 2 aliphatic rings. The smallest absolute Gasteiger partial charge is 0.407 e. The number of carboxylic acids is 1. The Bertz CT molecular complexity index is 1850. The molecule has 2 N–H and O–H groups in total. The lowest BCUT2D eigenvalue weighted by molar-refractivity contribution is -0.156. The molecule has 2 aliphatic carbocycles. The van der Waals surface area contributed by atoms with Crippen molar-refractivity contribution in [3.63, 3.8) is 0 Å². The summed E-state index contributed by atoms with van der Waals surface area (Å²) in [6.45, 7) is 34.3. The maximum Gasteiger partial charge on any atom is 0.407 e. The van der Waals surface area contributed by atoms with Crippen molar-refractivity contribution in [3.8, 4) is 0 Å². The van der Waals surface area contributed by atoms with Gasteiger partial charge in [-0.3, -0.25) is 9.59 Å². The Morgan fingerprint density at radius 1 is 0.609 bits per heavy atom. The standard InChI is InChI=1S/C32H53F2NO5Si.C24H40O3Si/c1-21(2)41(22(3)4,23(5)6)40-28-13-11-12-27(28)18-25-14-16-26(17-15-25)24(7)29(36)38-20-32(33,34)19-35-30(37)39-31(8,9)10;1-16(2)28(17(3)4,18(5)6)27-23-10-8-9-22(23)15-20-11-13-21(14-12-20)19(7)24(25)26/h14-17,21-24,27-28H,11-13,18-20H2,1-10H3,(H,35,37);11-14,16-19,22-23H,8-10,15H2,1-7H3,(H,25,26)/t24?,27-,28+;19?,22-,23+/m11/s1. The van der Waals surface area contributed by atoms with Crippen LogP contribution in [0.15, 0.2) is 48.5 Å². The van der Waals surface area contributed by atoms with Crippen LogP contribution in [0, 0.1) is 11.8 Å². The molecule has 0 bridgehead atoms. The molecular formula is C56H93F2NO8Si2. The van der Waals surface area contributed by atoms with E-state index in [2.05, 4.69) is 95.2 Å². The molecule has 0 aromatic heterocycles. The average Bonchev–Trinajstić information content (AvgIpc) is 3.89. The number of hydrogen-bond acceptors (Lipinski definition) is 7. The Hall–Kier alpha value is -3.14. The molecule has 2 aromatic rings. The van der Waals surface area contributed by atoms with Crippen molar-refractivity contribution in [3.05, 3.63) is 70.8 Å². The summed E-state index contributed by atoms with van der Waals surface area (Å²) in [7, 11) is -3.82. The van der Waals surface area contributed by atoms with Crippen LogP contribution in [0.3, 0.4) is 0 Å². The number of carbonyl (C=O) groups is 3. The van der Waals surface area contributed by atoms with Crippen molar-refractivity contribution in [2.75, 3.05) is 13.2 Å². The predicted molar refractivity (Wildman–Crippen MR) is 281 cm³/mol. The molecule has 13 heteroatoms. The second-order valence-electron chi connectivity index (χ2n) is 23.3. The van der Waals surface area contributed by atoms with E-state index in [1.165, 1.54) is 36.8 Å². The van der Waals surface area contributed by atoms with E-state index in [0.29, 0.717) is 56.8 Å². The third-order valence-electron chi connectivity index (χ3n) is 15.3. The Morgan fingerprint density at radius 3 is 1.30 bits per heavy atom. The molecule has 2 fully saturated rings. The van der Waals surface area contributed by atoms with Gasteiger partial charge in [-0.25, -0.2) is 13.6 Å². The number of alkyl carbamates (subject to hydrolysis) is 1. The highest BCUT2D eigenvalue weighted by Gasteiger charge is 2.49. The van der Waals surface area contributed by atoms with Crippen LogP contribution in [0.1, 0.15) is 190 Å². The van der Waals surface area contributed by atoms with Crippen molar-refractivity contribution in [2.24, 2.45) is 11.8 Å². The van der Waals surface area contributed by atoms with Gasteiger partial charge in [0.2, 0.25) is 16.6 Å². The number of rotatable bonds is 22. The lowest BCUT2D eigenvalue weighted by atomic mass is 9.93. The van der Waals surface area contributed by atoms with Crippen molar-refractivity contribution in [1.29, 1.82) is 0 Å². The molecule has 2 saturated carbocycles. The molecular weight excluding hydrogens is 909 g/mol. The number of esters is 1. The highest BCUT2D eigenvalue weighted by molar-refractivity contribution is 6.78. The summed E-state index contributed by atoms with van der Waals surface area (Å²) in [6.07, 6.45) is 8.73. The number of aliphatic carboxylic acids is 1. The number of benzene rings is 2. The second kappa shape index (κ2) is 26.0. The highest BCUT2D eigenvalue weighted by Crippen LogP contribution is 2.48. The minimum absolute atomic E-state index is 0.272.